The van der Waals surface area contributed by atoms with Gasteiger partial charge in [0.05, 0.1) is 5.69 Å². The first-order chi connectivity index (χ1) is 6.36. The summed E-state index contributed by atoms with van der Waals surface area (Å²) in [6.07, 6.45) is 6.57. The third-order valence-electron chi connectivity index (χ3n) is 1.55. The molecule has 5 heteroatoms. The van der Waals surface area contributed by atoms with Crippen LogP contribution in [0, 0.1) is 4.77 Å². The van der Waals surface area contributed by atoms with E-state index < -0.39 is 0 Å². The number of nitrogens with zero attached hydrogens (tertiary/aromatic N) is 3. The van der Waals surface area contributed by atoms with Crippen LogP contribution in [0.5, 0.6) is 0 Å². The van der Waals surface area contributed by atoms with Crippen LogP contribution in [0.2, 0.25) is 0 Å². The van der Waals surface area contributed by atoms with Crippen LogP contribution in [0.3, 0.4) is 0 Å². The van der Waals surface area contributed by atoms with Gasteiger partial charge in [0.25, 0.3) is 0 Å². The lowest BCUT2D eigenvalue weighted by Gasteiger charge is -1.97. The monoisotopic (exact) mass is 190 g/mol. The van der Waals surface area contributed by atoms with E-state index in [9.17, 15) is 0 Å². The molecule has 0 bridgehead atoms. The number of hydrogen-bond acceptors (Lipinski definition) is 4. The first-order valence-electron chi connectivity index (χ1n) is 3.67. The van der Waals surface area contributed by atoms with Crippen LogP contribution < -0.4 is 0 Å². The Bertz CT molecular complexity index is 451. The molecule has 2 aromatic heterocycles. The second-order valence-corrected chi connectivity index (χ2v) is 2.80. The van der Waals surface area contributed by atoms with Gasteiger partial charge < -0.3 is 4.98 Å². The van der Waals surface area contributed by atoms with Crippen molar-refractivity contribution in [1.29, 1.82) is 0 Å². The van der Waals surface area contributed by atoms with Crippen molar-refractivity contribution in [2.45, 2.75) is 0 Å². The first kappa shape index (κ1) is 8.00. The molecule has 0 fully saturated rings. The number of rotatable bonds is 1. The fourth-order valence-corrected chi connectivity index (χ4v) is 1.15. The highest BCUT2D eigenvalue weighted by atomic mass is 32.1. The molecular formula is C8H6N4S. The molecular weight excluding hydrogens is 184 g/mol. The highest BCUT2D eigenvalue weighted by Gasteiger charge is 1.96. The number of hydrogen-bond donors (Lipinski definition) is 1. The summed E-state index contributed by atoms with van der Waals surface area (Å²) in [6, 6.07) is 1.83. The third kappa shape index (κ3) is 1.75. The van der Waals surface area contributed by atoms with Crippen molar-refractivity contribution >= 4 is 12.2 Å². The van der Waals surface area contributed by atoms with Gasteiger partial charge in [-0.05, 0) is 18.3 Å². The van der Waals surface area contributed by atoms with Gasteiger partial charge in [0, 0.05) is 24.2 Å². The fourth-order valence-electron chi connectivity index (χ4n) is 0.975. The van der Waals surface area contributed by atoms with E-state index >= 15 is 0 Å². The third-order valence-corrected chi connectivity index (χ3v) is 1.75. The SMILES string of the molecule is S=c1nccc(-c2cncnc2)[nH]1. The molecule has 0 atom stereocenters. The number of H-pyrrole nitrogens is 1. The van der Waals surface area contributed by atoms with Crippen LogP contribution in [0.15, 0.2) is 31.0 Å². The molecule has 0 radical (unpaired) electrons. The van der Waals surface area contributed by atoms with E-state index in [1.54, 1.807) is 18.6 Å². The molecule has 0 saturated carbocycles. The molecule has 0 aliphatic heterocycles. The zero-order valence-electron chi connectivity index (χ0n) is 6.64. The van der Waals surface area contributed by atoms with Gasteiger partial charge in [-0.15, -0.1) is 0 Å². The van der Waals surface area contributed by atoms with Crippen molar-refractivity contribution in [2.24, 2.45) is 0 Å². The lowest BCUT2D eigenvalue weighted by atomic mass is 10.2. The minimum Gasteiger partial charge on any atom is -0.330 e. The van der Waals surface area contributed by atoms with Crippen molar-refractivity contribution in [1.82, 2.24) is 19.9 Å². The summed E-state index contributed by atoms with van der Waals surface area (Å²) in [4.78, 5) is 14.6. The second-order valence-electron chi connectivity index (χ2n) is 2.42. The first-order valence-corrected chi connectivity index (χ1v) is 4.08. The number of aromatic amines is 1. The van der Waals surface area contributed by atoms with E-state index in [-0.39, 0.29) is 0 Å². The van der Waals surface area contributed by atoms with E-state index in [1.165, 1.54) is 6.33 Å². The van der Waals surface area contributed by atoms with Crippen molar-refractivity contribution in [3.63, 3.8) is 0 Å². The smallest absolute Gasteiger partial charge is 0.197 e. The zero-order chi connectivity index (χ0) is 9.10. The van der Waals surface area contributed by atoms with Gasteiger partial charge in [-0.25, -0.2) is 15.0 Å². The fraction of sp³-hybridized carbons (Fsp3) is 0. The molecule has 0 aromatic carbocycles. The van der Waals surface area contributed by atoms with Crippen molar-refractivity contribution in [3.8, 4) is 11.3 Å². The molecule has 64 valence electrons. The lowest BCUT2D eigenvalue weighted by molar-refractivity contribution is 1.11. The molecule has 13 heavy (non-hydrogen) atoms. The van der Waals surface area contributed by atoms with Crippen molar-refractivity contribution in [2.75, 3.05) is 0 Å². The zero-order valence-corrected chi connectivity index (χ0v) is 7.45. The molecule has 0 aliphatic carbocycles. The maximum absolute atomic E-state index is 4.89. The minimum atomic E-state index is 0.460. The van der Waals surface area contributed by atoms with Crippen LogP contribution in [0.4, 0.5) is 0 Å². The van der Waals surface area contributed by atoms with Gasteiger partial charge >= 0.3 is 0 Å². The Morgan fingerprint density at radius 3 is 2.69 bits per heavy atom. The summed E-state index contributed by atoms with van der Waals surface area (Å²) >= 11 is 4.89. The standard InChI is InChI=1S/C8H6N4S/c13-8-11-2-1-7(12-8)6-3-9-5-10-4-6/h1-5H,(H,11,12,13). The molecule has 0 amide bonds. The normalized spacial score (nSPS) is 9.85. The van der Waals surface area contributed by atoms with Crippen LogP contribution in [0.1, 0.15) is 0 Å². The largest absolute Gasteiger partial charge is 0.330 e. The van der Waals surface area contributed by atoms with Crippen LogP contribution in [-0.4, -0.2) is 19.9 Å². The molecule has 4 nitrogen and oxygen atoms in total. The van der Waals surface area contributed by atoms with E-state index in [1.807, 2.05) is 6.07 Å². The van der Waals surface area contributed by atoms with E-state index in [0.29, 0.717) is 4.77 Å². The molecule has 0 unspecified atom stereocenters. The average molecular weight is 190 g/mol. The number of nitrogens with one attached hydrogen (secondary N) is 1. The minimum absolute atomic E-state index is 0.460. The van der Waals surface area contributed by atoms with Gasteiger partial charge in [-0.3, -0.25) is 0 Å². The lowest BCUT2D eigenvalue weighted by Crippen LogP contribution is -1.87. The Morgan fingerprint density at radius 2 is 2.00 bits per heavy atom. The van der Waals surface area contributed by atoms with E-state index in [0.717, 1.165) is 11.3 Å². The maximum atomic E-state index is 4.89. The van der Waals surface area contributed by atoms with Gasteiger partial charge in [0.15, 0.2) is 4.77 Å². The van der Waals surface area contributed by atoms with Gasteiger partial charge in [-0.1, -0.05) is 0 Å². The Morgan fingerprint density at radius 1 is 1.23 bits per heavy atom. The van der Waals surface area contributed by atoms with Gasteiger partial charge in [0.2, 0.25) is 0 Å². The molecule has 0 aliphatic rings. The van der Waals surface area contributed by atoms with E-state index in [2.05, 4.69) is 19.9 Å². The van der Waals surface area contributed by atoms with Crippen molar-refractivity contribution < 1.29 is 0 Å². The summed E-state index contributed by atoms with van der Waals surface area (Å²) < 4.78 is 0.460. The molecule has 2 rings (SSSR count). The summed E-state index contributed by atoms with van der Waals surface area (Å²) in [5.41, 5.74) is 1.77. The van der Waals surface area contributed by atoms with Gasteiger partial charge in [-0.2, -0.15) is 0 Å². The Hall–Kier alpha value is -1.62. The second kappa shape index (κ2) is 3.40. The quantitative estimate of drug-likeness (QED) is 0.694. The summed E-state index contributed by atoms with van der Waals surface area (Å²) in [5, 5.41) is 0. The molecule has 0 saturated heterocycles. The summed E-state index contributed by atoms with van der Waals surface area (Å²) in [5.74, 6) is 0. The molecule has 1 N–H and O–H groups in total. The van der Waals surface area contributed by atoms with Crippen LogP contribution in [-0.2, 0) is 0 Å². The van der Waals surface area contributed by atoms with Gasteiger partial charge in [0.1, 0.15) is 6.33 Å². The van der Waals surface area contributed by atoms with Crippen LogP contribution in [0.25, 0.3) is 11.3 Å². The molecule has 0 spiro atoms. The Balaban J connectivity index is 2.54. The maximum Gasteiger partial charge on any atom is 0.197 e. The predicted octanol–water partition coefficient (Wildman–Crippen LogP) is 1.60. The van der Waals surface area contributed by atoms with E-state index in [4.69, 9.17) is 12.2 Å². The number of aromatic nitrogens is 4. The average Bonchev–Trinajstić information content (AvgIpc) is 2.19. The molecule has 2 aromatic rings. The van der Waals surface area contributed by atoms with Crippen LogP contribution >= 0.6 is 12.2 Å². The topological polar surface area (TPSA) is 54.5 Å². The van der Waals surface area contributed by atoms with Crippen molar-refractivity contribution in [3.05, 3.63) is 35.8 Å². The summed E-state index contributed by atoms with van der Waals surface area (Å²) in [7, 11) is 0. The highest BCUT2D eigenvalue weighted by Crippen LogP contribution is 2.11. The Labute approximate surface area is 79.7 Å². The Kier molecular flexibility index (Phi) is 2.09. The summed E-state index contributed by atoms with van der Waals surface area (Å²) in [6.45, 7) is 0. The molecule has 2 heterocycles. The predicted molar refractivity (Wildman–Crippen MR) is 50.4 cm³/mol. The highest BCUT2D eigenvalue weighted by molar-refractivity contribution is 7.71.